The number of hydrogen-bond donors (Lipinski definition) is 1. The quantitative estimate of drug-likeness (QED) is 0.589. The van der Waals surface area contributed by atoms with Gasteiger partial charge in [0.1, 0.15) is 6.04 Å². The minimum atomic E-state index is -0.321. The Morgan fingerprint density at radius 1 is 1.58 bits per heavy atom. The molecule has 0 saturated carbocycles. The normalized spacial score (nSPS) is 26.4. The van der Waals surface area contributed by atoms with Gasteiger partial charge in [0.2, 0.25) is 5.91 Å². The van der Waals surface area contributed by atoms with E-state index < -0.39 is 0 Å². The Labute approximate surface area is 72.8 Å². The van der Waals surface area contributed by atoms with E-state index >= 15 is 0 Å². The Morgan fingerprint density at radius 2 is 2.25 bits per heavy atom. The van der Waals surface area contributed by atoms with Gasteiger partial charge in [0, 0.05) is 19.6 Å². The van der Waals surface area contributed by atoms with Crippen LogP contribution in [-0.4, -0.2) is 60.1 Å². The summed E-state index contributed by atoms with van der Waals surface area (Å²) in [6.07, 6.45) is 0. The van der Waals surface area contributed by atoms with E-state index in [0.29, 0.717) is 0 Å². The maximum absolute atomic E-state index is 11.5. The lowest BCUT2D eigenvalue weighted by Gasteiger charge is -2.37. The van der Waals surface area contributed by atoms with Crippen molar-refractivity contribution in [2.75, 3.05) is 33.3 Å². The van der Waals surface area contributed by atoms with Crippen LogP contribution in [0.4, 0.5) is 0 Å². The van der Waals surface area contributed by atoms with Crippen LogP contribution in [0, 0.1) is 0 Å². The van der Waals surface area contributed by atoms with Gasteiger partial charge in [-0.3, -0.25) is 9.69 Å². The second-order valence-electron chi connectivity index (χ2n) is 3.10. The summed E-state index contributed by atoms with van der Waals surface area (Å²) in [4.78, 5) is 15.2. The standard InChI is InChI=1S/C8H16N2O2/c1-3-10-5-4-9(2)7(6-11)8(10)12/h7,11H,3-6H2,1-2H3. The number of amides is 1. The third kappa shape index (κ3) is 1.59. The number of hydrogen-bond acceptors (Lipinski definition) is 3. The predicted molar refractivity (Wildman–Crippen MR) is 45.8 cm³/mol. The molecule has 1 heterocycles. The minimum Gasteiger partial charge on any atom is -0.394 e. The zero-order chi connectivity index (χ0) is 9.14. The zero-order valence-corrected chi connectivity index (χ0v) is 7.66. The van der Waals surface area contributed by atoms with E-state index in [0.717, 1.165) is 19.6 Å². The molecule has 4 heteroatoms. The van der Waals surface area contributed by atoms with Gasteiger partial charge in [0.15, 0.2) is 0 Å². The Hall–Kier alpha value is -0.610. The highest BCUT2D eigenvalue weighted by atomic mass is 16.3. The number of carbonyl (C=O) groups is 1. The van der Waals surface area contributed by atoms with Crippen LogP contribution in [0.15, 0.2) is 0 Å². The summed E-state index contributed by atoms with van der Waals surface area (Å²) < 4.78 is 0. The third-order valence-electron chi connectivity index (χ3n) is 2.41. The van der Waals surface area contributed by atoms with Gasteiger partial charge in [0.05, 0.1) is 6.61 Å². The van der Waals surface area contributed by atoms with E-state index in [-0.39, 0.29) is 18.6 Å². The molecule has 12 heavy (non-hydrogen) atoms. The van der Waals surface area contributed by atoms with Crippen LogP contribution < -0.4 is 0 Å². The molecule has 1 aliphatic rings. The van der Waals surface area contributed by atoms with Gasteiger partial charge in [0.25, 0.3) is 0 Å². The van der Waals surface area contributed by atoms with E-state index in [4.69, 9.17) is 5.11 Å². The highest BCUT2D eigenvalue weighted by Crippen LogP contribution is 2.07. The summed E-state index contributed by atoms with van der Waals surface area (Å²) in [5.74, 6) is 0.0498. The number of aliphatic hydroxyl groups excluding tert-OH is 1. The van der Waals surface area contributed by atoms with Gasteiger partial charge in [-0.05, 0) is 14.0 Å². The first-order chi connectivity index (χ1) is 5.70. The van der Waals surface area contributed by atoms with E-state index in [1.165, 1.54) is 0 Å². The minimum absolute atomic E-state index is 0.0498. The van der Waals surface area contributed by atoms with Crippen molar-refractivity contribution in [3.8, 4) is 0 Å². The molecule has 0 aromatic carbocycles. The smallest absolute Gasteiger partial charge is 0.242 e. The van der Waals surface area contributed by atoms with Crippen molar-refractivity contribution in [1.29, 1.82) is 0 Å². The summed E-state index contributed by atoms with van der Waals surface area (Å²) in [6.45, 7) is 4.25. The molecule has 1 atom stereocenters. The van der Waals surface area contributed by atoms with E-state index in [1.807, 2.05) is 18.9 Å². The number of rotatable bonds is 2. The summed E-state index contributed by atoms with van der Waals surface area (Å²) in [5.41, 5.74) is 0. The molecule has 1 amide bonds. The molecule has 0 radical (unpaired) electrons. The zero-order valence-electron chi connectivity index (χ0n) is 7.66. The first-order valence-corrected chi connectivity index (χ1v) is 4.30. The molecule has 1 unspecified atom stereocenters. The van der Waals surface area contributed by atoms with Gasteiger partial charge in [-0.15, -0.1) is 0 Å². The fourth-order valence-corrected chi connectivity index (χ4v) is 1.48. The first kappa shape index (κ1) is 9.48. The summed E-state index contributed by atoms with van der Waals surface area (Å²) in [7, 11) is 1.87. The number of aliphatic hydroxyl groups is 1. The molecule has 0 aliphatic carbocycles. The van der Waals surface area contributed by atoms with Crippen molar-refractivity contribution in [1.82, 2.24) is 9.80 Å². The van der Waals surface area contributed by atoms with E-state index in [2.05, 4.69) is 0 Å². The predicted octanol–water partition coefficient (Wildman–Crippen LogP) is -0.859. The SMILES string of the molecule is CCN1CCN(C)C(CO)C1=O. The molecule has 0 aromatic heterocycles. The molecule has 0 spiro atoms. The first-order valence-electron chi connectivity index (χ1n) is 4.30. The molecule has 1 rings (SSSR count). The lowest BCUT2D eigenvalue weighted by atomic mass is 10.2. The van der Waals surface area contributed by atoms with Crippen molar-refractivity contribution in [3.63, 3.8) is 0 Å². The van der Waals surface area contributed by atoms with Crippen LogP contribution in [0.5, 0.6) is 0 Å². The Morgan fingerprint density at radius 3 is 2.75 bits per heavy atom. The molecule has 1 saturated heterocycles. The van der Waals surface area contributed by atoms with Crippen LogP contribution in [0.3, 0.4) is 0 Å². The fraction of sp³-hybridized carbons (Fsp3) is 0.875. The summed E-state index contributed by atoms with van der Waals surface area (Å²) in [6, 6.07) is -0.321. The maximum Gasteiger partial charge on any atom is 0.242 e. The Bertz CT molecular complexity index is 172. The van der Waals surface area contributed by atoms with Gasteiger partial charge in [-0.25, -0.2) is 0 Å². The van der Waals surface area contributed by atoms with Crippen LogP contribution in [0.2, 0.25) is 0 Å². The van der Waals surface area contributed by atoms with Crippen LogP contribution >= 0.6 is 0 Å². The molecule has 0 bridgehead atoms. The average Bonchev–Trinajstić information content (AvgIpc) is 2.06. The van der Waals surface area contributed by atoms with Crippen molar-refractivity contribution < 1.29 is 9.90 Å². The van der Waals surface area contributed by atoms with Crippen LogP contribution in [0.1, 0.15) is 6.92 Å². The number of piperazine rings is 1. The van der Waals surface area contributed by atoms with E-state index in [1.54, 1.807) is 4.90 Å². The second kappa shape index (κ2) is 3.87. The van der Waals surface area contributed by atoms with Crippen LogP contribution in [-0.2, 0) is 4.79 Å². The van der Waals surface area contributed by atoms with Crippen molar-refractivity contribution >= 4 is 5.91 Å². The van der Waals surface area contributed by atoms with Gasteiger partial charge in [-0.1, -0.05) is 0 Å². The summed E-state index contributed by atoms with van der Waals surface area (Å²) in [5, 5.41) is 8.96. The molecular formula is C8H16N2O2. The molecule has 0 aromatic rings. The maximum atomic E-state index is 11.5. The van der Waals surface area contributed by atoms with Crippen molar-refractivity contribution in [2.24, 2.45) is 0 Å². The molecule has 1 fully saturated rings. The van der Waals surface area contributed by atoms with Crippen molar-refractivity contribution in [2.45, 2.75) is 13.0 Å². The molecule has 1 N–H and O–H groups in total. The number of nitrogens with zero attached hydrogens (tertiary/aromatic N) is 2. The van der Waals surface area contributed by atoms with Crippen LogP contribution in [0.25, 0.3) is 0 Å². The Kier molecular flexibility index (Phi) is 3.05. The average molecular weight is 172 g/mol. The topological polar surface area (TPSA) is 43.8 Å². The highest BCUT2D eigenvalue weighted by Gasteiger charge is 2.30. The van der Waals surface area contributed by atoms with Gasteiger partial charge < -0.3 is 10.0 Å². The molecule has 70 valence electrons. The lowest BCUT2D eigenvalue weighted by molar-refractivity contribution is -0.142. The third-order valence-corrected chi connectivity index (χ3v) is 2.41. The fourth-order valence-electron chi connectivity index (χ4n) is 1.48. The summed E-state index contributed by atoms with van der Waals surface area (Å²) >= 11 is 0. The number of carbonyl (C=O) groups excluding carboxylic acids is 1. The lowest BCUT2D eigenvalue weighted by Crippen LogP contribution is -2.56. The van der Waals surface area contributed by atoms with Gasteiger partial charge >= 0.3 is 0 Å². The largest absolute Gasteiger partial charge is 0.394 e. The molecule has 4 nitrogen and oxygen atoms in total. The van der Waals surface area contributed by atoms with E-state index in [9.17, 15) is 4.79 Å². The van der Waals surface area contributed by atoms with Crippen molar-refractivity contribution in [3.05, 3.63) is 0 Å². The number of likely N-dealkylation sites (N-methyl/N-ethyl adjacent to an activating group) is 2. The van der Waals surface area contributed by atoms with Gasteiger partial charge in [-0.2, -0.15) is 0 Å². The Balaban J connectivity index is 2.63. The monoisotopic (exact) mass is 172 g/mol. The molecule has 1 aliphatic heterocycles. The second-order valence-corrected chi connectivity index (χ2v) is 3.10. The molecular weight excluding hydrogens is 156 g/mol. The highest BCUT2D eigenvalue weighted by molar-refractivity contribution is 5.82.